The summed E-state index contributed by atoms with van der Waals surface area (Å²) in [7, 11) is 0. The predicted octanol–water partition coefficient (Wildman–Crippen LogP) is 2.15. The smallest absolute Gasteiger partial charge is 0.414 e. The largest absolute Gasteiger partial charge is 0.444 e. The molecular weight excluding hydrogens is 301 g/mol. The Balaban J connectivity index is 2.22. The summed E-state index contributed by atoms with van der Waals surface area (Å²) in [4.78, 5) is 13.4. The van der Waals surface area contributed by atoms with Crippen molar-refractivity contribution < 1.29 is 27.8 Å². The molecule has 0 aliphatic carbocycles. The number of nitrogens with one attached hydrogen (secondary N) is 1. The predicted molar refractivity (Wildman–Crippen MR) is 75.5 cm³/mol. The summed E-state index contributed by atoms with van der Waals surface area (Å²) in [6, 6.07) is 0. The van der Waals surface area contributed by atoms with Gasteiger partial charge in [-0.05, 0) is 52.6 Å². The van der Waals surface area contributed by atoms with Gasteiger partial charge < -0.3 is 20.1 Å². The van der Waals surface area contributed by atoms with E-state index in [-0.39, 0.29) is 0 Å². The molecule has 130 valence electrons. The lowest BCUT2D eigenvalue weighted by atomic mass is 9.91. The van der Waals surface area contributed by atoms with Crippen molar-refractivity contribution in [2.45, 2.75) is 51.5 Å². The summed E-state index contributed by atoms with van der Waals surface area (Å²) in [5.74, 6) is -0.741. The average Bonchev–Trinajstić information content (AvgIpc) is 2.35. The third-order valence-electron chi connectivity index (χ3n) is 3.51. The Morgan fingerprint density at radius 3 is 2.32 bits per heavy atom. The molecule has 0 aromatic heterocycles. The number of carbonyl (C=O) groups excluding carboxylic acids is 1. The first-order valence-electron chi connectivity index (χ1n) is 7.43. The van der Waals surface area contributed by atoms with Crippen LogP contribution in [0.2, 0.25) is 0 Å². The van der Waals surface area contributed by atoms with Gasteiger partial charge in [-0.2, -0.15) is 13.2 Å². The lowest BCUT2D eigenvalue weighted by molar-refractivity contribution is -0.223. The van der Waals surface area contributed by atoms with Gasteiger partial charge in [-0.1, -0.05) is 0 Å². The van der Waals surface area contributed by atoms with E-state index < -0.39 is 29.9 Å². The molecule has 1 aliphatic rings. The molecule has 1 fully saturated rings. The first kappa shape index (κ1) is 19.0. The van der Waals surface area contributed by atoms with Crippen LogP contribution in [0.3, 0.4) is 0 Å². The van der Waals surface area contributed by atoms with Crippen molar-refractivity contribution in [2.75, 3.05) is 26.2 Å². The highest BCUT2D eigenvalue weighted by Gasteiger charge is 2.44. The van der Waals surface area contributed by atoms with Crippen LogP contribution in [0.15, 0.2) is 0 Å². The summed E-state index contributed by atoms with van der Waals surface area (Å²) >= 11 is 0. The third kappa shape index (κ3) is 6.83. The molecule has 8 heteroatoms. The highest BCUT2D eigenvalue weighted by molar-refractivity contribution is 5.67. The van der Waals surface area contributed by atoms with Crippen molar-refractivity contribution >= 4 is 6.09 Å². The Labute approximate surface area is 128 Å². The normalized spacial score (nSPS) is 19.8. The molecule has 5 nitrogen and oxygen atoms in total. The van der Waals surface area contributed by atoms with E-state index in [9.17, 15) is 23.1 Å². The molecule has 1 unspecified atom stereocenters. The number of nitrogens with zero attached hydrogens (tertiary/aromatic N) is 1. The van der Waals surface area contributed by atoms with Gasteiger partial charge in [0.15, 0.2) is 6.10 Å². The standard InChI is InChI=1S/C14H25F3N2O3/c1-13(2,3)22-12(21)18-6-9-19-7-4-10(5-8-19)11(20)14(15,16)17/h10-11,20H,4-9H2,1-3H3,(H,18,21). The fraction of sp³-hybridized carbons (Fsp3) is 0.929. The van der Waals surface area contributed by atoms with E-state index in [1.54, 1.807) is 20.8 Å². The third-order valence-corrected chi connectivity index (χ3v) is 3.51. The SMILES string of the molecule is CC(C)(C)OC(=O)NCCN1CCC(C(O)C(F)(F)F)CC1. The zero-order chi connectivity index (χ0) is 17.0. The van der Waals surface area contributed by atoms with E-state index in [0.717, 1.165) is 0 Å². The van der Waals surface area contributed by atoms with E-state index in [0.29, 0.717) is 39.0 Å². The summed E-state index contributed by atoms with van der Waals surface area (Å²) in [5.41, 5.74) is -0.559. The topological polar surface area (TPSA) is 61.8 Å². The summed E-state index contributed by atoms with van der Waals surface area (Å²) in [6.07, 6.45) is -6.70. The zero-order valence-electron chi connectivity index (χ0n) is 13.2. The number of aliphatic hydroxyl groups excluding tert-OH is 1. The maximum atomic E-state index is 12.4. The van der Waals surface area contributed by atoms with Gasteiger partial charge in [0.25, 0.3) is 0 Å². The minimum absolute atomic E-state index is 0.299. The van der Waals surface area contributed by atoms with Gasteiger partial charge in [0.1, 0.15) is 5.60 Å². The number of aliphatic hydroxyl groups is 1. The number of hydrogen-bond donors (Lipinski definition) is 2. The van der Waals surface area contributed by atoms with Crippen molar-refractivity contribution in [3.8, 4) is 0 Å². The number of amides is 1. The van der Waals surface area contributed by atoms with E-state index in [4.69, 9.17) is 4.74 Å². The van der Waals surface area contributed by atoms with Crippen LogP contribution in [0.1, 0.15) is 33.6 Å². The Morgan fingerprint density at radius 1 is 1.32 bits per heavy atom. The second kappa shape index (κ2) is 7.50. The molecule has 0 spiro atoms. The van der Waals surface area contributed by atoms with E-state index in [1.165, 1.54) is 0 Å². The van der Waals surface area contributed by atoms with Crippen LogP contribution in [0.4, 0.5) is 18.0 Å². The lowest BCUT2D eigenvalue weighted by Crippen LogP contribution is -2.45. The van der Waals surface area contributed by atoms with Crippen LogP contribution in [0.5, 0.6) is 0 Å². The van der Waals surface area contributed by atoms with Crippen molar-refractivity contribution in [3.05, 3.63) is 0 Å². The lowest BCUT2D eigenvalue weighted by Gasteiger charge is -2.34. The Hall–Kier alpha value is -1.02. The van der Waals surface area contributed by atoms with Gasteiger partial charge in [0.2, 0.25) is 0 Å². The minimum Gasteiger partial charge on any atom is -0.444 e. The number of carbonyl (C=O) groups is 1. The van der Waals surface area contributed by atoms with Crippen LogP contribution >= 0.6 is 0 Å². The fourth-order valence-corrected chi connectivity index (χ4v) is 2.39. The van der Waals surface area contributed by atoms with Crippen molar-refractivity contribution in [2.24, 2.45) is 5.92 Å². The van der Waals surface area contributed by atoms with Gasteiger partial charge >= 0.3 is 12.3 Å². The molecule has 0 aromatic carbocycles. The second-order valence-corrected chi connectivity index (χ2v) is 6.59. The number of likely N-dealkylation sites (tertiary alicyclic amines) is 1. The van der Waals surface area contributed by atoms with Gasteiger partial charge in [0.05, 0.1) is 0 Å². The molecular formula is C14H25F3N2O3. The first-order valence-corrected chi connectivity index (χ1v) is 7.43. The molecule has 1 aliphatic heterocycles. The highest BCUT2D eigenvalue weighted by Crippen LogP contribution is 2.31. The molecule has 2 N–H and O–H groups in total. The van der Waals surface area contributed by atoms with Crippen molar-refractivity contribution in [1.82, 2.24) is 10.2 Å². The molecule has 0 bridgehead atoms. The summed E-state index contributed by atoms with van der Waals surface area (Å²) in [5, 5.41) is 11.8. The number of halogens is 3. The molecule has 0 aromatic rings. The monoisotopic (exact) mass is 326 g/mol. The number of alkyl halides is 3. The van der Waals surface area contributed by atoms with Crippen LogP contribution in [-0.4, -0.2) is 60.2 Å². The highest BCUT2D eigenvalue weighted by atomic mass is 19.4. The molecule has 0 radical (unpaired) electrons. The fourth-order valence-electron chi connectivity index (χ4n) is 2.39. The van der Waals surface area contributed by atoms with Crippen molar-refractivity contribution in [3.63, 3.8) is 0 Å². The Kier molecular flexibility index (Phi) is 6.49. The average molecular weight is 326 g/mol. The number of ether oxygens (including phenoxy) is 1. The van der Waals surface area contributed by atoms with Gasteiger partial charge in [-0.3, -0.25) is 0 Å². The Morgan fingerprint density at radius 2 is 1.86 bits per heavy atom. The van der Waals surface area contributed by atoms with Crippen LogP contribution < -0.4 is 5.32 Å². The molecule has 1 saturated heterocycles. The maximum Gasteiger partial charge on any atom is 0.414 e. The second-order valence-electron chi connectivity index (χ2n) is 6.59. The van der Waals surface area contributed by atoms with Gasteiger partial charge in [-0.25, -0.2) is 4.79 Å². The van der Waals surface area contributed by atoms with Crippen molar-refractivity contribution in [1.29, 1.82) is 0 Å². The van der Waals surface area contributed by atoms with E-state index in [1.807, 2.05) is 4.90 Å². The number of alkyl carbamates (subject to hydrolysis) is 1. The minimum atomic E-state index is -4.55. The number of rotatable bonds is 4. The molecule has 1 atom stereocenters. The summed E-state index contributed by atoms with van der Waals surface area (Å²) in [6.45, 7) is 7.19. The summed E-state index contributed by atoms with van der Waals surface area (Å²) < 4.78 is 42.4. The van der Waals surface area contributed by atoms with E-state index >= 15 is 0 Å². The maximum absolute atomic E-state index is 12.4. The van der Waals surface area contributed by atoms with Gasteiger partial charge in [-0.15, -0.1) is 0 Å². The molecule has 1 rings (SSSR count). The number of piperidine rings is 1. The molecule has 0 saturated carbocycles. The van der Waals surface area contributed by atoms with Crippen LogP contribution in [0, 0.1) is 5.92 Å². The Bertz CT molecular complexity index is 361. The molecule has 1 heterocycles. The zero-order valence-corrected chi connectivity index (χ0v) is 13.2. The van der Waals surface area contributed by atoms with Crippen LogP contribution in [-0.2, 0) is 4.74 Å². The first-order chi connectivity index (χ1) is 9.99. The van der Waals surface area contributed by atoms with E-state index in [2.05, 4.69) is 5.32 Å². The quantitative estimate of drug-likeness (QED) is 0.831. The van der Waals surface area contributed by atoms with Crippen LogP contribution in [0.25, 0.3) is 0 Å². The number of hydrogen-bond acceptors (Lipinski definition) is 4. The molecule has 22 heavy (non-hydrogen) atoms. The molecule has 1 amide bonds. The van der Waals surface area contributed by atoms with Gasteiger partial charge in [0, 0.05) is 13.1 Å².